The van der Waals surface area contributed by atoms with Gasteiger partial charge in [-0.05, 0) is 34.9 Å². The summed E-state index contributed by atoms with van der Waals surface area (Å²) in [5.74, 6) is 0.123. The molecule has 0 saturated carbocycles. The van der Waals surface area contributed by atoms with E-state index in [1.165, 1.54) is 11.0 Å². The summed E-state index contributed by atoms with van der Waals surface area (Å²) in [7, 11) is 1.70. The summed E-state index contributed by atoms with van der Waals surface area (Å²) in [5, 5.41) is 14.1. The lowest BCUT2D eigenvalue weighted by atomic mass is 10.0. The first kappa shape index (κ1) is 16.6. The number of fused-ring (bicyclic) bond motifs is 1. The van der Waals surface area contributed by atoms with Gasteiger partial charge in [-0.25, -0.2) is 14.3 Å². The summed E-state index contributed by atoms with van der Waals surface area (Å²) >= 11 is 0. The number of rotatable bonds is 4. The van der Waals surface area contributed by atoms with E-state index in [-0.39, 0.29) is 5.91 Å². The quantitative estimate of drug-likeness (QED) is 0.555. The number of carbonyl (C=O) groups excluding carboxylic acids is 1. The smallest absolute Gasteiger partial charge is 0.258 e. The highest BCUT2D eigenvalue weighted by Crippen LogP contribution is 2.25. The van der Waals surface area contributed by atoms with Gasteiger partial charge in [0.2, 0.25) is 11.6 Å². The maximum atomic E-state index is 12.3. The third-order valence-corrected chi connectivity index (χ3v) is 4.30. The van der Waals surface area contributed by atoms with Crippen molar-refractivity contribution in [3.8, 4) is 0 Å². The topological polar surface area (TPSA) is 138 Å². The summed E-state index contributed by atoms with van der Waals surface area (Å²) in [4.78, 5) is 20.6. The fraction of sp³-hybridized carbons (Fsp3) is 0.176. The number of aromatic nitrogens is 6. The molecule has 0 bridgehead atoms. The van der Waals surface area contributed by atoms with Crippen LogP contribution in [0, 0.1) is 6.92 Å². The van der Waals surface area contributed by atoms with Gasteiger partial charge in [0.15, 0.2) is 5.52 Å². The van der Waals surface area contributed by atoms with Gasteiger partial charge in [0.05, 0.1) is 5.69 Å². The zero-order valence-electron chi connectivity index (χ0n) is 14.7. The molecule has 0 fully saturated rings. The van der Waals surface area contributed by atoms with Crippen molar-refractivity contribution in [3.05, 3.63) is 53.0 Å². The van der Waals surface area contributed by atoms with Crippen LogP contribution in [0.3, 0.4) is 0 Å². The Hall–Kier alpha value is -3.82. The molecule has 136 valence electrons. The van der Waals surface area contributed by atoms with Crippen molar-refractivity contribution >= 4 is 28.7 Å². The molecule has 0 radical (unpaired) electrons. The van der Waals surface area contributed by atoms with E-state index in [2.05, 4.69) is 30.7 Å². The number of amides is 1. The second-order valence-electron chi connectivity index (χ2n) is 6.06. The van der Waals surface area contributed by atoms with Gasteiger partial charge in [-0.2, -0.15) is 10.1 Å². The van der Waals surface area contributed by atoms with Crippen molar-refractivity contribution in [2.45, 2.75) is 13.3 Å². The van der Waals surface area contributed by atoms with Crippen molar-refractivity contribution in [3.63, 3.8) is 0 Å². The van der Waals surface area contributed by atoms with Gasteiger partial charge in [-0.1, -0.05) is 12.1 Å². The zero-order valence-corrected chi connectivity index (χ0v) is 14.7. The number of nitrogen functional groups attached to an aromatic ring is 1. The van der Waals surface area contributed by atoms with E-state index in [4.69, 9.17) is 10.4 Å². The van der Waals surface area contributed by atoms with Gasteiger partial charge in [0.25, 0.3) is 5.91 Å². The Bertz CT molecular complexity index is 1130. The fourth-order valence-electron chi connectivity index (χ4n) is 2.78. The zero-order chi connectivity index (χ0) is 19.0. The Kier molecular flexibility index (Phi) is 3.99. The Morgan fingerprint density at radius 3 is 2.74 bits per heavy atom. The average Bonchev–Trinajstić information content (AvgIpc) is 3.28. The number of nitrogens with zero attached hydrogens (tertiary/aromatic N) is 6. The minimum atomic E-state index is -0.259. The van der Waals surface area contributed by atoms with Crippen LogP contribution in [0.2, 0.25) is 0 Å². The molecule has 4 aromatic rings. The Morgan fingerprint density at radius 1 is 1.26 bits per heavy atom. The molecule has 3 N–H and O–H groups in total. The molecule has 0 aliphatic carbocycles. The van der Waals surface area contributed by atoms with Crippen LogP contribution in [0.1, 0.15) is 27.2 Å². The van der Waals surface area contributed by atoms with E-state index in [1.807, 2.05) is 19.1 Å². The van der Waals surface area contributed by atoms with E-state index in [0.29, 0.717) is 34.8 Å². The standard InChI is InChI=1S/C17H16N8O2/c1-9-12(13(18)14-15(21-9)24-27-23-14)7-10-3-5-11(6-4-10)16(26)22-17-19-8-20-25(17)2/h3-6,8H,7,18H2,1-2H3,(H,19,20,22,26). The molecule has 27 heavy (non-hydrogen) atoms. The van der Waals surface area contributed by atoms with Crippen LogP contribution >= 0.6 is 0 Å². The Balaban J connectivity index is 1.55. The largest absolute Gasteiger partial charge is 0.396 e. The maximum absolute atomic E-state index is 12.3. The lowest BCUT2D eigenvalue weighted by Gasteiger charge is -2.09. The predicted octanol–water partition coefficient (Wildman–Crippen LogP) is 1.48. The van der Waals surface area contributed by atoms with Crippen LogP contribution in [-0.4, -0.2) is 36.0 Å². The van der Waals surface area contributed by atoms with Crippen LogP contribution in [0.5, 0.6) is 0 Å². The van der Waals surface area contributed by atoms with Crippen LogP contribution in [0.15, 0.2) is 35.2 Å². The molecule has 0 spiro atoms. The number of pyridine rings is 1. The normalized spacial score (nSPS) is 11.0. The molecule has 10 heteroatoms. The van der Waals surface area contributed by atoms with E-state index in [1.54, 1.807) is 19.2 Å². The summed E-state index contributed by atoms with van der Waals surface area (Å²) < 4.78 is 6.19. The van der Waals surface area contributed by atoms with Crippen molar-refractivity contribution in [2.24, 2.45) is 7.05 Å². The number of nitrogens with one attached hydrogen (secondary N) is 1. The molecule has 4 rings (SSSR count). The minimum Gasteiger partial charge on any atom is -0.396 e. The summed E-state index contributed by atoms with van der Waals surface area (Å²) in [6.07, 6.45) is 1.93. The Morgan fingerprint density at radius 2 is 2.04 bits per heavy atom. The van der Waals surface area contributed by atoms with E-state index in [9.17, 15) is 4.79 Å². The molecule has 0 aliphatic rings. The highest BCUT2D eigenvalue weighted by Gasteiger charge is 2.15. The highest BCUT2D eigenvalue weighted by molar-refractivity contribution is 6.03. The van der Waals surface area contributed by atoms with Gasteiger partial charge in [0, 0.05) is 30.3 Å². The summed E-state index contributed by atoms with van der Waals surface area (Å²) in [5.41, 5.74) is 10.7. The molecular weight excluding hydrogens is 348 g/mol. The van der Waals surface area contributed by atoms with E-state index >= 15 is 0 Å². The third-order valence-electron chi connectivity index (χ3n) is 4.30. The van der Waals surface area contributed by atoms with E-state index < -0.39 is 0 Å². The van der Waals surface area contributed by atoms with Crippen molar-refractivity contribution in [1.82, 2.24) is 30.1 Å². The first-order chi connectivity index (χ1) is 13.0. The van der Waals surface area contributed by atoms with Crippen LogP contribution in [-0.2, 0) is 13.5 Å². The van der Waals surface area contributed by atoms with Gasteiger partial charge >= 0.3 is 0 Å². The number of anilines is 2. The van der Waals surface area contributed by atoms with Crippen LogP contribution < -0.4 is 11.1 Å². The molecule has 3 heterocycles. The maximum Gasteiger partial charge on any atom is 0.258 e. The third kappa shape index (κ3) is 3.08. The first-order valence-electron chi connectivity index (χ1n) is 8.14. The lowest BCUT2D eigenvalue weighted by Crippen LogP contribution is -2.15. The van der Waals surface area contributed by atoms with Gasteiger partial charge in [0.1, 0.15) is 6.33 Å². The highest BCUT2D eigenvalue weighted by atomic mass is 16.6. The predicted molar refractivity (Wildman–Crippen MR) is 97.0 cm³/mol. The fourth-order valence-corrected chi connectivity index (χ4v) is 2.78. The summed E-state index contributed by atoms with van der Waals surface area (Å²) in [6, 6.07) is 7.23. The minimum absolute atomic E-state index is 0.259. The first-order valence-corrected chi connectivity index (χ1v) is 8.14. The molecule has 0 saturated heterocycles. The van der Waals surface area contributed by atoms with Gasteiger partial charge in [-0.3, -0.25) is 10.1 Å². The second-order valence-corrected chi connectivity index (χ2v) is 6.06. The molecule has 0 unspecified atom stereocenters. The van der Waals surface area contributed by atoms with Gasteiger partial charge < -0.3 is 5.73 Å². The molecule has 3 aromatic heterocycles. The number of hydrogen-bond donors (Lipinski definition) is 2. The lowest BCUT2D eigenvalue weighted by molar-refractivity contribution is 0.102. The molecular formula is C17H16N8O2. The average molecular weight is 364 g/mol. The SMILES string of the molecule is Cc1nc2nonc2c(N)c1Cc1ccc(C(=O)Nc2ncnn2C)cc1. The number of hydrogen-bond acceptors (Lipinski definition) is 8. The molecule has 10 nitrogen and oxygen atoms in total. The van der Waals surface area contributed by atoms with Crippen LogP contribution in [0.25, 0.3) is 11.2 Å². The molecule has 0 aliphatic heterocycles. The summed E-state index contributed by atoms with van der Waals surface area (Å²) in [6.45, 7) is 1.86. The molecule has 1 amide bonds. The molecule has 0 atom stereocenters. The monoisotopic (exact) mass is 364 g/mol. The van der Waals surface area contributed by atoms with E-state index in [0.717, 1.165) is 16.8 Å². The van der Waals surface area contributed by atoms with Crippen LogP contribution in [0.4, 0.5) is 11.6 Å². The van der Waals surface area contributed by atoms with Gasteiger partial charge in [-0.15, -0.1) is 0 Å². The second kappa shape index (κ2) is 6.48. The van der Waals surface area contributed by atoms with Crippen molar-refractivity contribution in [1.29, 1.82) is 0 Å². The number of benzene rings is 1. The Labute approximate surface area is 153 Å². The van der Waals surface area contributed by atoms with Crippen molar-refractivity contribution < 1.29 is 9.42 Å². The number of aryl methyl sites for hydroxylation is 2. The number of carbonyl (C=O) groups is 1. The van der Waals surface area contributed by atoms with Crippen molar-refractivity contribution in [2.75, 3.05) is 11.1 Å². The number of nitrogens with two attached hydrogens (primary N) is 1. The molecule has 1 aromatic carbocycles.